The first-order valence-corrected chi connectivity index (χ1v) is 13.1. The molecule has 9 heteroatoms. The van der Waals surface area contributed by atoms with E-state index in [-0.39, 0.29) is 30.2 Å². The Hall–Kier alpha value is -3.81. The third kappa shape index (κ3) is 5.39. The maximum Gasteiger partial charge on any atom is 0.342 e. The molecule has 0 bridgehead atoms. The number of phenolic OH excluding ortho intramolecular Hbond substituents is 1. The monoisotopic (exact) mass is 548 g/mol. The Morgan fingerprint density at radius 2 is 1.82 bits per heavy atom. The minimum absolute atomic E-state index is 0.0476. The quantitative estimate of drug-likeness (QED) is 0.238. The highest BCUT2D eigenvalue weighted by Crippen LogP contribution is 2.39. The van der Waals surface area contributed by atoms with Crippen LogP contribution in [0.4, 0.5) is 10.5 Å². The second kappa shape index (κ2) is 10.9. The Bertz CT molecular complexity index is 1530. The van der Waals surface area contributed by atoms with E-state index >= 15 is 0 Å². The maximum atomic E-state index is 13.1. The summed E-state index contributed by atoms with van der Waals surface area (Å²) in [7, 11) is 0. The van der Waals surface area contributed by atoms with Crippen molar-refractivity contribution in [1.82, 2.24) is 15.1 Å². The van der Waals surface area contributed by atoms with Gasteiger partial charge in [-0.15, -0.1) is 0 Å². The second-order valence-corrected chi connectivity index (χ2v) is 10.2. The Morgan fingerprint density at radius 3 is 2.50 bits per heavy atom. The summed E-state index contributed by atoms with van der Waals surface area (Å²) in [5, 5.41) is 21.9. The summed E-state index contributed by atoms with van der Waals surface area (Å²) in [6.07, 6.45) is 3.04. The average molecular weight is 549 g/mol. The molecular formula is C29H26Cl2N4O3. The van der Waals surface area contributed by atoms with Crippen molar-refractivity contribution in [1.29, 1.82) is 0 Å². The molecule has 0 radical (unpaired) electrons. The van der Waals surface area contributed by atoms with E-state index in [1.807, 2.05) is 25.1 Å². The number of rotatable bonds is 6. The predicted octanol–water partition coefficient (Wildman–Crippen LogP) is 7.15. The lowest BCUT2D eigenvalue weighted by Crippen LogP contribution is -2.31. The lowest BCUT2D eigenvalue weighted by molar-refractivity contribution is 0.102. The number of nitrogens with zero attached hydrogens (tertiary/aromatic N) is 2. The highest BCUT2D eigenvalue weighted by atomic mass is 35.5. The number of carbonyl (C=O) groups is 2. The molecule has 0 saturated heterocycles. The van der Waals surface area contributed by atoms with Crippen LogP contribution in [-0.4, -0.2) is 26.8 Å². The zero-order valence-corrected chi connectivity index (χ0v) is 22.2. The number of aromatic nitrogens is 2. The molecule has 0 unspecified atom stereocenters. The van der Waals surface area contributed by atoms with Crippen molar-refractivity contribution in [3.8, 4) is 17.0 Å². The molecule has 1 fully saturated rings. The molecule has 194 valence electrons. The van der Waals surface area contributed by atoms with Crippen molar-refractivity contribution in [2.75, 3.05) is 5.32 Å². The number of hydrogen-bond donors (Lipinski definition) is 3. The van der Waals surface area contributed by atoms with Gasteiger partial charge < -0.3 is 15.7 Å². The van der Waals surface area contributed by atoms with Crippen molar-refractivity contribution in [2.24, 2.45) is 0 Å². The molecular weight excluding hydrogens is 523 g/mol. The van der Waals surface area contributed by atoms with Gasteiger partial charge in [0.1, 0.15) is 5.75 Å². The minimum Gasteiger partial charge on any atom is -0.507 e. The van der Waals surface area contributed by atoms with E-state index < -0.39 is 0 Å². The van der Waals surface area contributed by atoms with Crippen LogP contribution in [0.3, 0.4) is 0 Å². The molecule has 2 amide bonds. The Labute approximate surface area is 230 Å². The SMILES string of the molecule is Cc1ccccc1C(=O)Nc1ccc(-c2cc(C3CCC3)n(C(=O)NCc3ccc(Cl)c(Cl)c3)n2)c(O)c1. The molecule has 0 atom stereocenters. The number of aryl methyl sites for hydroxylation is 1. The van der Waals surface area contributed by atoms with Crippen molar-refractivity contribution in [2.45, 2.75) is 38.6 Å². The van der Waals surface area contributed by atoms with Gasteiger partial charge in [-0.2, -0.15) is 9.78 Å². The Morgan fingerprint density at radius 1 is 1.03 bits per heavy atom. The number of halogens is 2. The molecule has 7 nitrogen and oxygen atoms in total. The number of aromatic hydroxyl groups is 1. The lowest BCUT2D eigenvalue weighted by Gasteiger charge is -2.25. The molecule has 3 N–H and O–H groups in total. The number of hydrogen-bond acceptors (Lipinski definition) is 4. The van der Waals surface area contributed by atoms with E-state index in [4.69, 9.17) is 23.2 Å². The van der Waals surface area contributed by atoms with E-state index in [0.29, 0.717) is 32.6 Å². The number of phenols is 1. The molecule has 38 heavy (non-hydrogen) atoms. The van der Waals surface area contributed by atoms with E-state index in [1.54, 1.807) is 42.5 Å². The van der Waals surface area contributed by atoms with Crippen LogP contribution in [0.25, 0.3) is 11.3 Å². The van der Waals surface area contributed by atoms with Crippen LogP contribution in [-0.2, 0) is 6.54 Å². The first kappa shape index (κ1) is 25.8. The number of nitrogens with one attached hydrogen (secondary N) is 2. The van der Waals surface area contributed by atoms with Crippen molar-refractivity contribution < 1.29 is 14.7 Å². The van der Waals surface area contributed by atoms with Gasteiger partial charge >= 0.3 is 6.03 Å². The largest absolute Gasteiger partial charge is 0.507 e. The van der Waals surface area contributed by atoms with Crippen LogP contribution >= 0.6 is 23.2 Å². The fraction of sp³-hybridized carbons (Fsp3) is 0.207. The zero-order chi connectivity index (χ0) is 26.8. The first-order valence-electron chi connectivity index (χ1n) is 12.3. The van der Waals surface area contributed by atoms with Crippen LogP contribution in [0.5, 0.6) is 5.75 Å². The lowest BCUT2D eigenvalue weighted by atomic mass is 9.82. The van der Waals surface area contributed by atoms with Crippen molar-refractivity contribution in [3.63, 3.8) is 0 Å². The summed E-state index contributed by atoms with van der Waals surface area (Å²) in [4.78, 5) is 25.8. The third-order valence-corrected chi connectivity index (χ3v) is 7.54. The maximum absolute atomic E-state index is 13.1. The van der Waals surface area contributed by atoms with E-state index in [2.05, 4.69) is 15.7 Å². The van der Waals surface area contributed by atoms with Crippen molar-refractivity contribution >= 4 is 40.8 Å². The van der Waals surface area contributed by atoms with Gasteiger partial charge in [-0.25, -0.2) is 4.79 Å². The first-order chi connectivity index (χ1) is 18.3. The number of anilines is 1. The average Bonchev–Trinajstić information content (AvgIpc) is 3.28. The standard InChI is InChI=1S/C29H26Cl2N4O3/c1-17-5-2-3-8-21(17)28(37)33-20-10-11-22(27(36)14-20)25-15-26(19-6-4-7-19)35(34-25)29(38)32-16-18-9-12-23(30)24(31)13-18/h2-3,5,8-15,19,36H,4,6-7,16H2,1H3,(H,32,38)(H,33,37). The molecule has 3 aromatic carbocycles. The van der Waals surface area contributed by atoms with E-state index in [0.717, 1.165) is 36.1 Å². The number of carbonyl (C=O) groups excluding carboxylic acids is 2. The van der Waals surface area contributed by atoms with Gasteiger partial charge in [0.05, 0.1) is 21.4 Å². The third-order valence-electron chi connectivity index (χ3n) is 6.80. The van der Waals surface area contributed by atoms with Gasteiger partial charge in [0.2, 0.25) is 0 Å². The summed E-state index contributed by atoms with van der Waals surface area (Å²) in [6, 6.07) is 18.9. The molecule has 1 aliphatic rings. The molecule has 1 aromatic heterocycles. The molecule has 1 saturated carbocycles. The van der Waals surface area contributed by atoms with Gasteiger partial charge in [-0.3, -0.25) is 4.79 Å². The van der Waals surface area contributed by atoms with Crippen LogP contribution in [0.1, 0.15) is 52.4 Å². The van der Waals surface area contributed by atoms with Crippen LogP contribution in [0.2, 0.25) is 10.0 Å². The Balaban J connectivity index is 1.36. The fourth-order valence-electron chi connectivity index (χ4n) is 4.44. The molecule has 0 spiro atoms. The van der Waals surface area contributed by atoms with E-state index in [1.165, 1.54) is 10.7 Å². The zero-order valence-electron chi connectivity index (χ0n) is 20.7. The van der Waals surface area contributed by atoms with Crippen LogP contribution < -0.4 is 10.6 Å². The number of amides is 2. The smallest absolute Gasteiger partial charge is 0.342 e. The fourth-order valence-corrected chi connectivity index (χ4v) is 4.76. The highest BCUT2D eigenvalue weighted by Gasteiger charge is 2.27. The number of benzene rings is 3. The summed E-state index contributed by atoms with van der Waals surface area (Å²) in [5.41, 5.74) is 4.43. The molecule has 1 heterocycles. The minimum atomic E-state index is -0.370. The molecule has 4 aromatic rings. The molecule has 0 aliphatic heterocycles. The Kier molecular flexibility index (Phi) is 7.40. The van der Waals surface area contributed by atoms with Gasteiger partial charge in [0.25, 0.3) is 5.91 Å². The van der Waals surface area contributed by atoms with Crippen LogP contribution in [0.15, 0.2) is 66.7 Å². The topological polar surface area (TPSA) is 96.3 Å². The van der Waals surface area contributed by atoms with Gasteiger partial charge in [0.15, 0.2) is 0 Å². The summed E-state index contributed by atoms with van der Waals surface area (Å²) >= 11 is 12.1. The van der Waals surface area contributed by atoms with Gasteiger partial charge in [-0.1, -0.05) is 53.9 Å². The normalized spacial score (nSPS) is 13.1. The van der Waals surface area contributed by atoms with Gasteiger partial charge in [0, 0.05) is 35.3 Å². The predicted molar refractivity (Wildman–Crippen MR) is 149 cm³/mol. The molecule has 5 rings (SSSR count). The summed E-state index contributed by atoms with van der Waals surface area (Å²) < 4.78 is 1.38. The van der Waals surface area contributed by atoms with Gasteiger partial charge in [-0.05, 0) is 67.3 Å². The second-order valence-electron chi connectivity index (χ2n) is 9.40. The van der Waals surface area contributed by atoms with Crippen molar-refractivity contribution in [3.05, 3.63) is 99.2 Å². The molecule has 1 aliphatic carbocycles. The highest BCUT2D eigenvalue weighted by molar-refractivity contribution is 6.42. The van der Waals surface area contributed by atoms with E-state index in [9.17, 15) is 14.7 Å². The summed E-state index contributed by atoms with van der Waals surface area (Å²) in [6.45, 7) is 2.13. The summed E-state index contributed by atoms with van der Waals surface area (Å²) in [5.74, 6) is -0.0826. The van der Waals surface area contributed by atoms with Crippen LogP contribution in [0, 0.1) is 6.92 Å².